The van der Waals surface area contributed by atoms with Gasteiger partial charge < -0.3 is 10.2 Å². The van der Waals surface area contributed by atoms with Crippen molar-refractivity contribution in [2.24, 2.45) is 11.3 Å². The van der Waals surface area contributed by atoms with Gasteiger partial charge in [-0.15, -0.1) is 0 Å². The molecule has 2 aliphatic rings. The van der Waals surface area contributed by atoms with Crippen LogP contribution < -0.4 is 5.32 Å². The molecule has 0 radical (unpaired) electrons. The third-order valence-electron chi connectivity index (χ3n) is 3.51. The average Bonchev–Trinajstić information content (AvgIpc) is 2.95. The maximum absolute atomic E-state index is 7.84. The maximum Gasteiger partial charge on any atom is 0.123 e. The van der Waals surface area contributed by atoms with Gasteiger partial charge in [-0.3, -0.25) is 5.41 Å². The molecule has 1 saturated carbocycles. The highest BCUT2D eigenvalue weighted by molar-refractivity contribution is 6.30. The van der Waals surface area contributed by atoms with Crippen molar-refractivity contribution in [1.82, 2.24) is 10.2 Å². The molecule has 2 rings (SSSR count). The monoisotopic (exact) mass is 227 g/mol. The van der Waals surface area contributed by atoms with Gasteiger partial charge in [0.1, 0.15) is 11.0 Å². The minimum Gasteiger partial charge on any atom is -0.379 e. The highest BCUT2D eigenvalue weighted by Crippen LogP contribution is 2.50. The summed E-state index contributed by atoms with van der Waals surface area (Å²) in [6.45, 7) is 4.36. The molecular formula is C11H18ClN3. The fourth-order valence-electron chi connectivity index (χ4n) is 2.32. The molecule has 84 valence electrons. The van der Waals surface area contributed by atoms with E-state index in [4.69, 9.17) is 17.0 Å². The van der Waals surface area contributed by atoms with Gasteiger partial charge in [0, 0.05) is 31.6 Å². The summed E-state index contributed by atoms with van der Waals surface area (Å²) in [5.41, 5.74) is 0.465. The number of amidine groups is 1. The topological polar surface area (TPSA) is 39.1 Å². The Morgan fingerprint density at radius 3 is 2.60 bits per heavy atom. The Kier molecular flexibility index (Phi) is 2.67. The van der Waals surface area contributed by atoms with E-state index < -0.39 is 0 Å². The summed E-state index contributed by atoms with van der Waals surface area (Å²) >= 11 is 5.81. The van der Waals surface area contributed by atoms with Gasteiger partial charge in [0.15, 0.2) is 0 Å². The third kappa shape index (κ3) is 2.12. The summed E-state index contributed by atoms with van der Waals surface area (Å²) in [6.07, 6.45) is 4.43. The molecule has 0 aromatic heterocycles. The number of nitrogens with zero attached hydrogens (tertiary/aromatic N) is 1. The second kappa shape index (κ2) is 3.71. The van der Waals surface area contributed by atoms with Crippen molar-refractivity contribution < 1.29 is 0 Å². The largest absolute Gasteiger partial charge is 0.379 e. The summed E-state index contributed by atoms with van der Waals surface area (Å²) in [5, 5.41) is 11.2. The molecule has 1 saturated heterocycles. The number of halogens is 1. The van der Waals surface area contributed by atoms with E-state index >= 15 is 0 Å². The van der Waals surface area contributed by atoms with Gasteiger partial charge in [-0.1, -0.05) is 18.5 Å². The van der Waals surface area contributed by atoms with Crippen LogP contribution in [-0.2, 0) is 0 Å². The van der Waals surface area contributed by atoms with Crippen LogP contribution in [0.25, 0.3) is 0 Å². The van der Waals surface area contributed by atoms with Gasteiger partial charge >= 0.3 is 0 Å². The van der Waals surface area contributed by atoms with Crippen molar-refractivity contribution >= 4 is 17.4 Å². The van der Waals surface area contributed by atoms with Crippen molar-refractivity contribution in [1.29, 1.82) is 5.41 Å². The second-order valence-electron chi connectivity index (χ2n) is 4.91. The van der Waals surface area contributed by atoms with Crippen molar-refractivity contribution in [2.75, 3.05) is 20.1 Å². The Bertz CT molecular complexity index is 301. The van der Waals surface area contributed by atoms with Crippen LogP contribution in [0, 0.1) is 16.7 Å². The molecule has 1 heterocycles. The first-order valence-corrected chi connectivity index (χ1v) is 5.81. The zero-order valence-electron chi connectivity index (χ0n) is 9.31. The van der Waals surface area contributed by atoms with Crippen LogP contribution in [-0.4, -0.2) is 30.9 Å². The van der Waals surface area contributed by atoms with Crippen molar-refractivity contribution in [2.45, 2.75) is 19.8 Å². The molecule has 0 aromatic carbocycles. The van der Waals surface area contributed by atoms with Crippen molar-refractivity contribution in [3.63, 3.8) is 0 Å². The molecule has 15 heavy (non-hydrogen) atoms. The predicted octanol–water partition coefficient (Wildman–Crippen LogP) is 2.00. The lowest BCUT2D eigenvalue weighted by Gasteiger charge is -2.49. The van der Waals surface area contributed by atoms with Crippen LogP contribution in [0.2, 0.25) is 0 Å². The summed E-state index contributed by atoms with van der Waals surface area (Å²) < 4.78 is 0. The van der Waals surface area contributed by atoms with Crippen LogP contribution in [0.5, 0.6) is 0 Å². The quantitative estimate of drug-likeness (QED) is 0.440. The molecule has 0 atom stereocenters. The first-order valence-electron chi connectivity index (χ1n) is 5.43. The molecule has 2 fully saturated rings. The predicted molar refractivity (Wildman–Crippen MR) is 63.1 cm³/mol. The lowest BCUT2D eigenvalue weighted by molar-refractivity contribution is 0.0552. The van der Waals surface area contributed by atoms with E-state index in [-0.39, 0.29) is 0 Å². The van der Waals surface area contributed by atoms with Crippen LogP contribution in [0.4, 0.5) is 0 Å². The lowest BCUT2D eigenvalue weighted by Crippen LogP contribution is -2.57. The minimum atomic E-state index is 0.465. The third-order valence-corrected chi connectivity index (χ3v) is 3.81. The summed E-state index contributed by atoms with van der Waals surface area (Å²) in [4.78, 5) is 2.08. The van der Waals surface area contributed by atoms with E-state index in [9.17, 15) is 0 Å². The summed E-state index contributed by atoms with van der Waals surface area (Å²) in [6, 6.07) is 0. The van der Waals surface area contributed by atoms with Gasteiger partial charge in [-0.05, 0) is 18.8 Å². The molecule has 0 spiro atoms. The SMILES string of the molecule is CN/C(Cl)=C\C(=N)N1CC(C)(C2CC2)C1. The van der Waals surface area contributed by atoms with Crippen LogP contribution in [0.1, 0.15) is 19.8 Å². The van der Waals surface area contributed by atoms with E-state index in [1.165, 1.54) is 12.8 Å². The van der Waals surface area contributed by atoms with E-state index in [1.54, 1.807) is 13.1 Å². The van der Waals surface area contributed by atoms with Crippen LogP contribution >= 0.6 is 11.6 Å². The first kappa shape index (κ1) is 10.8. The smallest absolute Gasteiger partial charge is 0.123 e. The van der Waals surface area contributed by atoms with E-state index in [2.05, 4.69) is 17.1 Å². The van der Waals surface area contributed by atoms with Gasteiger partial charge in [0.2, 0.25) is 0 Å². The fourth-order valence-corrected chi connectivity index (χ4v) is 2.42. The maximum atomic E-state index is 7.84. The highest BCUT2D eigenvalue weighted by atomic mass is 35.5. The molecule has 1 aliphatic heterocycles. The van der Waals surface area contributed by atoms with E-state index in [0.717, 1.165) is 19.0 Å². The first-order chi connectivity index (χ1) is 7.05. The fraction of sp³-hybridized carbons (Fsp3) is 0.727. The molecule has 3 nitrogen and oxygen atoms in total. The van der Waals surface area contributed by atoms with E-state index in [0.29, 0.717) is 16.4 Å². The van der Waals surface area contributed by atoms with Gasteiger partial charge in [-0.25, -0.2) is 0 Å². The second-order valence-corrected chi connectivity index (χ2v) is 5.32. The Hall–Kier alpha value is -0.700. The standard InChI is InChI=1S/C11H18ClN3/c1-11(8-3-4-8)6-15(7-11)10(13)5-9(12)14-2/h5,8,13-14H,3-4,6-7H2,1-2H3/b9-5-,13-10?. The number of nitrogens with one attached hydrogen (secondary N) is 2. The zero-order valence-corrected chi connectivity index (χ0v) is 10.1. The molecule has 4 heteroatoms. The normalized spacial score (nSPS) is 24.7. The van der Waals surface area contributed by atoms with Crippen LogP contribution in [0.15, 0.2) is 11.2 Å². The highest BCUT2D eigenvalue weighted by Gasteiger charge is 2.49. The molecule has 0 amide bonds. The molecule has 1 aliphatic carbocycles. The van der Waals surface area contributed by atoms with Crippen LogP contribution in [0.3, 0.4) is 0 Å². The molecule has 2 N–H and O–H groups in total. The number of likely N-dealkylation sites (tertiary alicyclic amines) is 1. The van der Waals surface area contributed by atoms with Gasteiger partial charge in [0.05, 0.1) is 0 Å². The average molecular weight is 228 g/mol. The van der Waals surface area contributed by atoms with Crippen molar-refractivity contribution in [3.05, 3.63) is 11.2 Å². The zero-order chi connectivity index (χ0) is 11.1. The van der Waals surface area contributed by atoms with Gasteiger partial charge in [0.25, 0.3) is 0 Å². The number of hydrogen-bond acceptors (Lipinski definition) is 2. The molecular weight excluding hydrogens is 210 g/mol. The molecule has 0 unspecified atom stereocenters. The Morgan fingerprint density at radius 2 is 2.13 bits per heavy atom. The minimum absolute atomic E-state index is 0.465. The number of hydrogen-bond donors (Lipinski definition) is 2. The summed E-state index contributed by atoms with van der Waals surface area (Å²) in [5.74, 6) is 1.43. The Morgan fingerprint density at radius 1 is 1.53 bits per heavy atom. The Balaban J connectivity index is 1.86. The Labute approximate surface area is 96.0 Å². The lowest BCUT2D eigenvalue weighted by atomic mass is 9.77. The van der Waals surface area contributed by atoms with Gasteiger partial charge in [-0.2, -0.15) is 0 Å². The number of rotatable bonds is 3. The summed E-state index contributed by atoms with van der Waals surface area (Å²) in [7, 11) is 1.76. The molecule has 0 aromatic rings. The van der Waals surface area contributed by atoms with Crippen molar-refractivity contribution in [3.8, 4) is 0 Å². The molecule has 0 bridgehead atoms. The van der Waals surface area contributed by atoms with E-state index in [1.807, 2.05) is 0 Å².